The van der Waals surface area contributed by atoms with Crippen LogP contribution in [0.2, 0.25) is 0 Å². The molecule has 0 spiro atoms. The number of benzene rings is 1. The molecule has 0 radical (unpaired) electrons. The standard InChI is InChI=1S/C18H25N3O/c1-12(2)11-21-18(22)15(10-19-5)9-17(20-21)16-8-13(3)6-7-14(16)4/h6-9,12,19H,10-11H2,1-5H3. The van der Waals surface area contributed by atoms with Crippen molar-refractivity contribution in [1.29, 1.82) is 0 Å². The van der Waals surface area contributed by atoms with E-state index in [1.54, 1.807) is 4.68 Å². The fourth-order valence-corrected chi connectivity index (χ4v) is 2.53. The Labute approximate surface area is 132 Å². The van der Waals surface area contributed by atoms with E-state index in [-0.39, 0.29) is 5.56 Å². The maximum absolute atomic E-state index is 12.5. The fourth-order valence-electron chi connectivity index (χ4n) is 2.53. The molecule has 2 aromatic rings. The first-order valence-corrected chi connectivity index (χ1v) is 7.75. The van der Waals surface area contributed by atoms with Gasteiger partial charge in [0, 0.05) is 24.2 Å². The number of aryl methyl sites for hydroxylation is 2. The first-order valence-electron chi connectivity index (χ1n) is 7.75. The van der Waals surface area contributed by atoms with Gasteiger partial charge >= 0.3 is 0 Å². The Morgan fingerprint density at radius 2 is 1.95 bits per heavy atom. The molecule has 0 bridgehead atoms. The van der Waals surface area contributed by atoms with Crippen molar-refractivity contribution >= 4 is 0 Å². The van der Waals surface area contributed by atoms with E-state index >= 15 is 0 Å². The predicted molar refractivity (Wildman–Crippen MR) is 91.0 cm³/mol. The second-order valence-electron chi connectivity index (χ2n) is 6.28. The van der Waals surface area contributed by atoms with Crippen LogP contribution in [0.3, 0.4) is 0 Å². The summed E-state index contributed by atoms with van der Waals surface area (Å²) in [5, 5.41) is 7.67. The van der Waals surface area contributed by atoms with E-state index in [0.717, 1.165) is 16.8 Å². The minimum Gasteiger partial charge on any atom is -0.315 e. The van der Waals surface area contributed by atoms with Crippen LogP contribution in [0.25, 0.3) is 11.3 Å². The summed E-state index contributed by atoms with van der Waals surface area (Å²) in [7, 11) is 1.85. The van der Waals surface area contributed by atoms with E-state index in [1.165, 1.54) is 11.1 Å². The summed E-state index contributed by atoms with van der Waals surface area (Å²) >= 11 is 0. The van der Waals surface area contributed by atoms with Crippen molar-refractivity contribution < 1.29 is 0 Å². The molecule has 0 atom stereocenters. The van der Waals surface area contributed by atoms with Gasteiger partial charge in [0.05, 0.1) is 5.69 Å². The summed E-state index contributed by atoms with van der Waals surface area (Å²) in [5.41, 5.74) is 5.08. The van der Waals surface area contributed by atoms with Crippen molar-refractivity contribution in [2.24, 2.45) is 5.92 Å². The van der Waals surface area contributed by atoms with Gasteiger partial charge in [-0.2, -0.15) is 5.10 Å². The van der Waals surface area contributed by atoms with Crippen LogP contribution < -0.4 is 10.9 Å². The largest absolute Gasteiger partial charge is 0.315 e. The highest BCUT2D eigenvalue weighted by atomic mass is 16.1. The fraction of sp³-hybridized carbons (Fsp3) is 0.444. The summed E-state index contributed by atoms with van der Waals surface area (Å²) in [6.07, 6.45) is 0. The molecule has 0 aliphatic rings. The number of rotatable bonds is 5. The lowest BCUT2D eigenvalue weighted by atomic mass is 10.0. The van der Waals surface area contributed by atoms with Crippen LogP contribution in [0.4, 0.5) is 0 Å². The van der Waals surface area contributed by atoms with Gasteiger partial charge in [0.2, 0.25) is 0 Å². The minimum atomic E-state index is -0.00268. The molecule has 0 saturated heterocycles. The molecule has 1 heterocycles. The van der Waals surface area contributed by atoms with Crippen LogP contribution in [0.5, 0.6) is 0 Å². The zero-order valence-corrected chi connectivity index (χ0v) is 14.1. The Morgan fingerprint density at radius 3 is 2.59 bits per heavy atom. The monoisotopic (exact) mass is 299 g/mol. The zero-order chi connectivity index (χ0) is 16.3. The second kappa shape index (κ2) is 6.88. The van der Waals surface area contributed by atoms with Crippen LogP contribution in [0.15, 0.2) is 29.1 Å². The molecule has 1 aromatic carbocycles. The third kappa shape index (κ3) is 3.63. The molecule has 0 fully saturated rings. The van der Waals surface area contributed by atoms with Crippen LogP contribution in [-0.2, 0) is 13.1 Å². The molecule has 0 saturated carbocycles. The summed E-state index contributed by atoms with van der Waals surface area (Å²) in [6.45, 7) is 9.52. The van der Waals surface area contributed by atoms with Crippen molar-refractivity contribution in [3.8, 4) is 11.3 Å². The number of hydrogen-bond acceptors (Lipinski definition) is 3. The average Bonchev–Trinajstić information content (AvgIpc) is 2.45. The van der Waals surface area contributed by atoms with Crippen LogP contribution in [0.1, 0.15) is 30.5 Å². The molecule has 22 heavy (non-hydrogen) atoms. The van der Waals surface area contributed by atoms with Gasteiger partial charge < -0.3 is 5.32 Å². The molecule has 0 aliphatic carbocycles. The van der Waals surface area contributed by atoms with Gasteiger partial charge in [0.15, 0.2) is 0 Å². The molecular formula is C18H25N3O. The average molecular weight is 299 g/mol. The highest BCUT2D eigenvalue weighted by molar-refractivity contribution is 5.64. The first-order chi connectivity index (χ1) is 10.4. The number of hydrogen-bond donors (Lipinski definition) is 1. The van der Waals surface area contributed by atoms with Gasteiger partial charge in [-0.3, -0.25) is 4.79 Å². The number of nitrogens with zero attached hydrogens (tertiary/aromatic N) is 2. The van der Waals surface area contributed by atoms with E-state index in [4.69, 9.17) is 0 Å². The van der Waals surface area contributed by atoms with E-state index < -0.39 is 0 Å². The third-order valence-corrected chi connectivity index (χ3v) is 3.62. The summed E-state index contributed by atoms with van der Waals surface area (Å²) in [4.78, 5) is 12.5. The predicted octanol–water partition coefficient (Wildman–Crippen LogP) is 2.90. The Morgan fingerprint density at radius 1 is 1.23 bits per heavy atom. The molecule has 0 aliphatic heterocycles. The lowest BCUT2D eigenvalue weighted by Gasteiger charge is -2.14. The Kier molecular flexibility index (Phi) is 5.14. The molecule has 118 valence electrons. The van der Waals surface area contributed by atoms with Crippen molar-refractivity contribution in [3.05, 3.63) is 51.3 Å². The van der Waals surface area contributed by atoms with E-state index in [0.29, 0.717) is 19.0 Å². The van der Waals surface area contributed by atoms with Crippen LogP contribution in [0, 0.1) is 19.8 Å². The normalized spacial score (nSPS) is 11.2. The van der Waals surface area contributed by atoms with Crippen molar-refractivity contribution in [1.82, 2.24) is 15.1 Å². The van der Waals surface area contributed by atoms with E-state index in [1.807, 2.05) is 13.1 Å². The van der Waals surface area contributed by atoms with Crippen molar-refractivity contribution in [3.63, 3.8) is 0 Å². The van der Waals surface area contributed by atoms with E-state index in [2.05, 4.69) is 56.3 Å². The van der Waals surface area contributed by atoms with Crippen LogP contribution in [-0.4, -0.2) is 16.8 Å². The summed E-state index contributed by atoms with van der Waals surface area (Å²) < 4.78 is 1.61. The quantitative estimate of drug-likeness (QED) is 0.923. The van der Waals surface area contributed by atoms with Crippen molar-refractivity contribution in [2.45, 2.75) is 40.8 Å². The van der Waals surface area contributed by atoms with Gasteiger partial charge in [-0.15, -0.1) is 0 Å². The Balaban J connectivity index is 2.62. The summed E-state index contributed by atoms with van der Waals surface area (Å²) in [6, 6.07) is 8.24. The Bertz CT molecular complexity index is 717. The SMILES string of the molecule is CNCc1cc(-c2cc(C)ccc2C)nn(CC(C)C)c1=O. The molecule has 2 rings (SSSR count). The number of aromatic nitrogens is 2. The Hall–Kier alpha value is -1.94. The van der Waals surface area contributed by atoms with Gasteiger partial charge in [0.1, 0.15) is 0 Å². The maximum Gasteiger partial charge on any atom is 0.271 e. The molecule has 4 nitrogen and oxygen atoms in total. The molecular weight excluding hydrogens is 274 g/mol. The molecule has 1 aromatic heterocycles. The third-order valence-electron chi connectivity index (χ3n) is 3.62. The first kappa shape index (κ1) is 16.4. The smallest absolute Gasteiger partial charge is 0.271 e. The second-order valence-corrected chi connectivity index (χ2v) is 6.28. The molecule has 0 unspecified atom stereocenters. The zero-order valence-electron chi connectivity index (χ0n) is 14.1. The van der Waals surface area contributed by atoms with Gasteiger partial charge in [-0.1, -0.05) is 31.5 Å². The van der Waals surface area contributed by atoms with Gasteiger partial charge in [-0.25, -0.2) is 4.68 Å². The molecule has 1 N–H and O–H groups in total. The lowest BCUT2D eigenvalue weighted by Crippen LogP contribution is -2.30. The summed E-state index contributed by atoms with van der Waals surface area (Å²) in [5.74, 6) is 0.376. The number of nitrogens with one attached hydrogen (secondary N) is 1. The van der Waals surface area contributed by atoms with Crippen LogP contribution >= 0.6 is 0 Å². The van der Waals surface area contributed by atoms with E-state index in [9.17, 15) is 4.79 Å². The lowest BCUT2D eigenvalue weighted by molar-refractivity contribution is 0.461. The van der Waals surface area contributed by atoms with Crippen molar-refractivity contribution in [2.75, 3.05) is 7.05 Å². The maximum atomic E-state index is 12.5. The molecule has 0 amide bonds. The van der Waals surface area contributed by atoms with Gasteiger partial charge in [0.25, 0.3) is 5.56 Å². The highest BCUT2D eigenvalue weighted by Gasteiger charge is 2.12. The topological polar surface area (TPSA) is 46.9 Å². The minimum absolute atomic E-state index is 0.00268. The highest BCUT2D eigenvalue weighted by Crippen LogP contribution is 2.22. The van der Waals surface area contributed by atoms with Gasteiger partial charge in [-0.05, 0) is 44.5 Å². The molecule has 4 heteroatoms.